The molecule has 0 heterocycles. The Hall–Kier alpha value is -4.15. The van der Waals surface area contributed by atoms with E-state index in [0.717, 1.165) is 0 Å². The molecule has 180 valence electrons. The number of hydrazone groups is 1. The minimum Gasteiger partial charge on any atom is -0.493 e. The van der Waals surface area contributed by atoms with Crippen LogP contribution < -0.4 is 19.6 Å². The van der Waals surface area contributed by atoms with Crippen LogP contribution >= 0.6 is 23.2 Å². The maximum Gasteiger partial charge on any atom is 0.345 e. The molecule has 35 heavy (non-hydrogen) atoms. The summed E-state index contributed by atoms with van der Waals surface area (Å²) in [5.41, 5.74) is 2.65. The first-order chi connectivity index (χ1) is 16.8. The highest BCUT2D eigenvalue weighted by Crippen LogP contribution is 2.30. The highest BCUT2D eigenvalue weighted by Gasteiger charge is 2.17. The molecular formula is C23H17Cl2N3O7. The largest absolute Gasteiger partial charge is 0.493 e. The van der Waals surface area contributed by atoms with Crippen molar-refractivity contribution in [2.75, 3.05) is 13.7 Å². The molecule has 10 nitrogen and oxygen atoms in total. The van der Waals surface area contributed by atoms with Gasteiger partial charge in [-0.05, 0) is 48.0 Å². The molecule has 0 unspecified atom stereocenters. The van der Waals surface area contributed by atoms with Crippen molar-refractivity contribution in [1.29, 1.82) is 0 Å². The molecule has 0 aromatic heterocycles. The maximum atomic E-state index is 12.4. The Bertz CT molecular complexity index is 1300. The van der Waals surface area contributed by atoms with Gasteiger partial charge in [0.2, 0.25) is 0 Å². The summed E-state index contributed by atoms with van der Waals surface area (Å²) in [5.74, 6) is -0.985. The van der Waals surface area contributed by atoms with Crippen LogP contribution in [0.25, 0.3) is 0 Å². The van der Waals surface area contributed by atoms with Crippen molar-refractivity contribution >= 4 is 47.0 Å². The Morgan fingerprint density at radius 3 is 2.54 bits per heavy atom. The van der Waals surface area contributed by atoms with Crippen LogP contribution in [-0.2, 0) is 4.79 Å². The van der Waals surface area contributed by atoms with Gasteiger partial charge in [0.25, 0.3) is 5.91 Å². The lowest BCUT2D eigenvalue weighted by atomic mass is 10.2. The Kier molecular flexibility index (Phi) is 8.60. The zero-order valence-electron chi connectivity index (χ0n) is 18.1. The average Bonchev–Trinajstić information content (AvgIpc) is 2.83. The van der Waals surface area contributed by atoms with Crippen LogP contribution in [0, 0.1) is 10.1 Å². The van der Waals surface area contributed by atoms with Crippen molar-refractivity contribution in [3.63, 3.8) is 0 Å². The fourth-order valence-corrected chi connectivity index (χ4v) is 3.23. The van der Waals surface area contributed by atoms with Crippen molar-refractivity contribution in [3.05, 3.63) is 92.0 Å². The Morgan fingerprint density at radius 2 is 1.83 bits per heavy atom. The summed E-state index contributed by atoms with van der Waals surface area (Å²) < 4.78 is 15.8. The third kappa shape index (κ3) is 6.92. The van der Waals surface area contributed by atoms with Gasteiger partial charge in [-0.2, -0.15) is 5.10 Å². The Morgan fingerprint density at radius 1 is 1.06 bits per heavy atom. The summed E-state index contributed by atoms with van der Waals surface area (Å²) in [4.78, 5) is 34.8. The molecule has 0 aliphatic heterocycles. The van der Waals surface area contributed by atoms with Gasteiger partial charge in [-0.15, -0.1) is 0 Å². The number of ether oxygens (including phenoxy) is 3. The Labute approximate surface area is 209 Å². The Balaban J connectivity index is 1.60. The van der Waals surface area contributed by atoms with Crippen molar-refractivity contribution < 1.29 is 28.7 Å². The van der Waals surface area contributed by atoms with Gasteiger partial charge < -0.3 is 14.2 Å². The smallest absolute Gasteiger partial charge is 0.345 e. The summed E-state index contributed by atoms with van der Waals surface area (Å²) in [7, 11) is 1.39. The zero-order valence-corrected chi connectivity index (χ0v) is 19.6. The fourth-order valence-electron chi connectivity index (χ4n) is 2.74. The molecule has 0 saturated heterocycles. The highest BCUT2D eigenvalue weighted by atomic mass is 35.5. The van der Waals surface area contributed by atoms with E-state index in [1.165, 1.54) is 61.9 Å². The minimum absolute atomic E-state index is 0.0358. The normalized spacial score (nSPS) is 10.6. The van der Waals surface area contributed by atoms with Crippen LogP contribution in [0.2, 0.25) is 10.0 Å². The monoisotopic (exact) mass is 517 g/mol. The second kappa shape index (κ2) is 11.8. The topological polar surface area (TPSA) is 129 Å². The number of carbonyl (C=O) groups is 2. The number of halogens is 2. The molecule has 0 fully saturated rings. The van der Waals surface area contributed by atoms with Gasteiger partial charge in [0, 0.05) is 11.1 Å². The van der Waals surface area contributed by atoms with E-state index in [4.69, 9.17) is 37.4 Å². The second-order valence-electron chi connectivity index (χ2n) is 6.73. The first-order valence-corrected chi connectivity index (χ1v) is 10.6. The minimum atomic E-state index is -0.697. The average molecular weight is 518 g/mol. The molecule has 0 atom stereocenters. The molecule has 0 spiro atoms. The SMILES string of the molecule is COc1cc(/C=N\NC(=O)COc2ccccc2[N+](=O)[O-])ccc1OC(=O)c1ccc(Cl)cc1Cl. The molecular weight excluding hydrogens is 501 g/mol. The molecule has 1 amide bonds. The van der Waals surface area contributed by atoms with Gasteiger partial charge in [0.05, 0.1) is 28.8 Å². The second-order valence-corrected chi connectivity index (χ2v) is 7.57. The molecule has 3 aromatic rings. The quantitative estimate of drug-likeness (QED) is 0.143. The molecule has 0 radical (unpaired) electrons. The molecule has 0 bridgehead atoms. The van der Waals surface area contributed by atoms with Gasteiger partial charge in [-0.25, -0.2) is 10.2 Å². The van der Waals surface area contributed by atoms with Crippen LogP contribution in [0.4, 0.5) is 5.69 Å². The van der Waals surface area contributed by atoms with E-state index in [1.807, 2.05) is 0 Å². The predicted octanol–water partition coefficient (Wildman–Crippen LogP) is 4.66. The van der Waals surface area contributed by atoms with E-state index in [0.29, 0.717) is 10.6 Å². The van der Waals surface area contributed by atoms with Crippen LogP contribution in [0.1, 0.15) is 15.9 Å². The number of nitro benzene ring substituents is 1. The maximum absolute atomic E-state index is 12.4. The number of amides is 1. The molecule has 0 saturated carbocycles. The molecule has 0 aliphatic rings. The lowest BCUT2D eigenvalue weighted by Crippen LogP contribution is -2.24. The summed E-state index contributed by atoms with van der Waals surface area (Å²) in [6, 6.07) is 14.7. The third-order valence-electron chi connectivity index (χ3n) is 4.36. The fraction of sp³-hybridized carbons (Fsp3) is 0.0870. The first-order valence-electron chi connectivity index (χ1n) is 9.82. The number of esters is 1. The first kappa shape index (κ1) is 25.5. The van der Waals surface area contributed by atoms with E-state index >= 15 is 0 Å². The summed E-state index contributed by atoms with van der Waals surface area (Å²) in [6.07, 6.45) is 1.33. The zero-order chi connectivity index (χ0) is 25.4. The lowest BCUT2D eigenvalue weighted by molar-refractivity contribution is -0.385. The number of para-hydroxylation sites is 2. The number of methoxy groups -OCH3 is 1. The van der Waals surface area contributed by atoms with Gasteiger partial charge >= 0.3 is 11.7 Å². The van der Waals surface area contributed by atoms with Crippen LogP contribution in [0.3, 0.4) is 0 Å². The van der Waals surface area contributed by atoms with Gasteiger partial charge in [0.1, 0.15) is 0 Å². The van der Waals surface area contributed by atoms with Crippen LogP contribution in [0.5, 0.6) is 17.2 Å². The van der Waals surface area contributed by atoms with Crippen molar-refractivity contribution in [3.8, 4) is 17.2 Å². The van der Waals surface area contributed by atoms with E-state index in [1.54, 1.807) is 12.1 Å². The molecule has 0 aliphatic carbocycles. The number of rotatable bonds is 9. The number of nitrogens with one attached hydrogen (secondary N) is 1. The van der Waals surface area contributed by atoms with Crippen LogP contribution in [-0.4, -0.2) is 36.7 Å². The summed E-state index contributed by atoms with van der Waals surface area (Å²) in [5, 5.41) is 15.3. The lowest BCUT2D eigenvalue weighted by Gasteiger charge is -2.10. The number of hydrogen-bond acceptors (Lipinski definition) is 8. The van der Waals surface area contributed by atoms with Crippen molar-refractivity contribution in [2.45, 2.75) is 0 Å². The number of benzene rings is 3. The third-order valence-corrected chi connectivity index (χ3v) is 4.91. The molecule has 3 rings (SSSR count). The number of hydrogen-bond donors (Lipinski definition) is 1. The highest BCUT2D eigenvalue weighted by molar-refractivity contribution is 6.36. The van der Waals surface area contributed by atoms with Gasteiger partial charge in [0.15, 0.2) is 23.9 Å². The predicted molar refractivity (Wildman–Crippen MR) is 129 cm³/mol. The van der Waals surface area contributed by atoms with Crippen molar-refractivity contribution in [2.24, 2.45) is 5.10 Å². The van der Waals surface area contributed by atoms with Crippen LogP contribution in [0.15, 0.2) is 65.8 Å². The number of carbonyl (C=O) groups excluding carboxylic acids is 2. The van der Waals surface area contributed by atoms with E-state index < -0.39 is 23.4 Å². The standard InChI is InChI=1S/C23H17Cl2N3O7/c1-33-21-10-14(6-9-20(21)35-23(30)16-8-7-15(24)11-17(16)25)12-26-27-22(29)13-34-19-5-3-2-4-18(19)28(31)32/h2-12H,13H2,1H3,(H,27,29)/b26-12-. The molecule has 3 aromatic carbocycles. The summed E-state index contributed by atoms with van der Waals surface area (Å²) in [6.45, 7) is -0.479. The van der Waals surface area contributed by atoms with Gasteiger partial charge in [-0.3, -0.25) is 14.9 Å². The van der Waals surface area contributed by atoms with Crippen molar-refractivity contribution in [1.82, 2.24) is 5.43 Å². The molecule has 1 N–H and O–H groups in total. The number of nitrogens with zero attached hydrogens (tertiary/aromatic N) is 2. The van der Waals surface area contributed by atoms with E-state index in [9.17, 15) is 19.7 Å². The van der Waals surface area contributed by atoms with E-state index in [2.05, 4.69) is 10.5 Å². The van der Waals surface area contributed by atoms with E-state index in [-0.39, 0.29) is 33.5 Å². The summed E-state index contributed by atoms with van der Waals surface area (Å²) >= 11 is 11.9. The van der Waals surface area contributed by atoms with Gasteiger partial charge in [-0.1, -0.05) is 35.3 Å². The number of nitro groups is 1. The molecule has 12 heteroatoms.